The minimum Gasteiger partial charge on any atom is -0.452 e. The summed E-state index contributed by atoms with van der Waals surface area (Å²) in [4.78, 5) is 50.8. The number of benzene rings is 2. The first kappa shape index (κ1) is 22.0. The molecule has 4 rings (SSSR count). The second kappa shape index (κ2) is 9.14. The lowest BCUT2D eigenvalue weighted by Gasteiger charge is -2.15. The van der Waals surface area contributed by atoms with Crippen LogP contribution < -0.4 is 10.2 Å². The smallest absolute Gasteiger partial charge is 0.338 e. The lowest BCUT2D eigenvalue weighted by molar-refractivity contribution is -0.122. The molecule has 164 valence electrons. The Bertz CT molecular complexity index is 1100. The molecule has 7 nitrogen and oxygen atoms in total. The molecule has 1 saturated heterocycles. The number of carbonyl (C=O) groups is 4. The van der Waals surface area contributed by atoms with E-state index < -0.39 is 18.5 Å². The fraction of sp³-hybridized carbons (Fsp3) is 0.217. The number of nitrogens with zero attached hydrogens (tertiary/aromatic N) is 1. The van der Waals surface area contributed by atoms with Crippen molar-refractivity contribution in [3.8, 4) is 0 Å². The monoisotopic (exact) mass is 472 g/mol. The number of hydrogen-bond acceptors (Lipinski definition) is 5. The highest BCUT2D eigenvalue weighted by molar-refractivity contribution is 6.35. The molecule has 2 aromatic carbocycles. The van der Waals surface area contributed by atoms with Crippen LogP contribution in [0.1, 0.15) is 23.2 Å². The SMILES string of the molecule is O=C(COC(=O)c1ccc(N2C(=O)[C@@H]3CC=CC[C@H]3C2=O)cc1)Nc1cc(Cl)ccc1Cl. The van der Waals surface area contributed by atoms with Gasteiger partial charge in [-0.2, -0.15) is 0 Å². The van der Waals surface area contributed by atoms with Gasteiger partial charge in [0.25, 0.3) is 5.91 Å². The molecule has 0 radical (unpaired) electrons. The summed E-state index contributed by atoms with van der Waals surface area (Å²) in [6, 6.07) is 10.5. The summed E-state index contributed by atoms with van der Waals surface area (Å²) in [7, 11) is 0. The van der Waals surface area contributed by atoms with Gasteiger partial charge in [0.15, 0.2) is 6.61 Å². The summed E-state index contributed by atoms with van der Waals surface area (Å²) in [5.41, 5.74) is 0.889. The van der Waals surface area contributed by atoms with Crippen LogP contribution in [0.25, 0.3) is 0 Å². The van der Waals surface area contributed by atoms with E-state index in [0.29, 0.717) is 34.3 Å². The average molecular weight is 473 g/mol. The molecule has 0 aromatic heterocycles. The maximum Gasteiger partial charge on any atom is 0.338 e. The van der Waals surface area contributed by atoms with Gasteiger partial charge in [0.05, 0.1) is 33.8 Å². The highest BCUT2D eigenvalue weighted by Crippen LogP contribution is 2.37. The van der Waals surface area contributed by atoms with E-state index in [1.165, 1.54) is 41.3 Å². The van der Waals surface area contributed by atoms with Crippen molar-refractivity contribution in [2.75, 3.05) is 16.8 Å². The molecule has 1 aliphatic carbocycles. The van der Waals surface area contributed by atoms with E-state index in [0.717, 1.165) is 0 Å². The largest absolute Gasteiger partial charge is 0.452 e. The Labute approximate surface area is 193 Å². The van der Waals surface area contributed by atoms with Gasteiger partial charge in [0.2, 0.25) is 11.8 Å². The van der Waals surface area contributed by atoms with E-state index >= 15 is 0 Å². The number of allylic oxidation sites excluding steroid dienone is 2. The van der Waals surface area contributed by atoms with E-state index in [1.807, 2.05) is 12.2 Å². The Balaban J connectivity index is 1.36. The molecule has 2 atom stereocenters. The van der Waals surface area contributed by atoms with Crippen molar-refractivity contribution in [3.05, 3.63) is 70.2 Å². The highest BCUT2D eigenvalue weighted by atomic mass is 35.5. The van der Waals surface area contributed by atoms with Gasteiger partial charge >= 0.3 is 5.97 Å². The topological polar surface area (TPSA) is 92.8 Å². The lowest BCUT2D eigenvalue weighted by atomic mass is 9.85. The van der Waals surface area contributed by atoms with Crippen molar-refractivity contribution in [2.45, 2.75) is 12.8 Å². The molecule has 0 bridgehead atoms. The van der Waals surface area contributed by atoms with Gasteiger partial charge in [-0.25, -0.2) is 4.79 Å². The number of nitrogens with one attached hydrogen (secondary N) is 1. The van der Waals surface area contributed by atoms with E-state index in [1.54, 1.807) is 6.07 Å². The number of esters is 1. The predicted octanol–water partition coefficient (Wildman–Crippen LogP) is 4.24. The molecule has 0 unspecified atom stereocenters. The second-order valence-corrected chi connectivity index (χ2v) is 8.31. The molecule has 1 fully saturated rings. The van der Waals surface area contributed by atoms with Crippen LogP contribution in [0.15, 0.2) is 54.6 Å². The van der Waals surface area contributed by atoms with E-state index in [4.69, 9.17) is 27.9 Å². The number of anilines is 2. The summed E-state index contributed by atoms with van der Waals surface area (Å²) in [6.07, 6.45) is 4.95. The number of ether oxygens (including phenoxy) is 1. The average Bonchev–Trinajstić information content (AvgIpc) is 3.05. The number of amides is 3. The Kier molecular flexibility index (Phi) is 6.30. The van der Waals surface area contributed by atoms with Gasteiger partial charge in [-0.3, -0.25) is 19.3 Å². The molecular weight excluding hydrogens is 455 g/mol. The van der Waals surface area contributed by atoms with Gasteiger partial charge < -0.3 is 10.1 Å². The highest BCUT2D eigenvalue weighted by Gasteiger charge is 2.47. The molecule has 1 N–H and O–H groups in total. The fourth-order valence-electron chi connectivity index (χ4n) is 3.80. The Morgan fingerprint density at radius 1 is 0.969 bits per heavy atom. The standard InChI is InChI=1S/C23H18Cl2N2O5/c24-14-7-10-18(25)19(11-14)26-20(28)12-32-23(31)13-5-8-15(9-6-13)27-21(29)16-3-1-2-4-17(16)22(27)30/h1-2,5-11,16-17H,3-4,12H2,(H,26,28)/t16-,17-/m1/s1. The van der Waals surface area contributed by atoms with Gasteiger partial charge in [0, 0.05) is 5.02 Å². The minimum absolute atomic E-state index is 0.181. The van der Waals surface area contributed by atoms with Crippen molar-refractivity contribution in [2.24, 2.45) is 11.8 Å². The van der Waals surface area contributed by atoms with Crippen LogP contribution in [0.3, 0.4) is 0 Å². The zero-order valence-corrected chi connectivity index (χ0v) is 18.2. The third-order valence-electron chi connectivity index (χ3n) is 5.41. The Morgan fingerprint density at radius 3 is 2.22 bits per heavy atom. The van der Waals surface area contributed by atoms with Crippen molar-refractivity contribution in [1.82, 2.24) is 0 Å². The fourth-order valence-corrected chi connectivity index (χ4v) is 4.13. The lowest BCUT2D eigenvalue weighted by Crippen LogP contribution is -2.30. The molecular formula is C23H18Cl2N2O5. The first-order valence-corrected chi connectivity index (χ1v) is 10.7. The minimum atomic E-state index is -0.721. The first-order chi connectivity index (χ1) is 15.3. The van der Waals surface area contributed by atoms with Crippen molar-refractivity contribution >= 4 is 58.3 Å². The van der Waals surface area contributed by atoms with E-state index in [-0.39, 0.29) is 29.2 Å². The van der Waals surface area contributed by atoms with Crippen LogP contribution in [0.2, 0.25) is 10.0 Å². The third kappa shape index (κ3) is 4.40. The number of fused-ring (bicyclic) bond motifs is 1. The molecule has 32 heavy (non-hydrogen) atoms. The molecule has 9 heteroatoms. The second-order valence-electron chi connectivity index (χ2n) is 7.46. The zero-order valence-electron chi connectivity index (χ0n) is 16.7. The van der Waals surface area contributed by atoms with Gasteiger partial charge in [-0.15, -0.1) is 0 Å². The van der Waals surface area contributed by atoms with Gasteiger partial charge in [0.1, 0.15) is 0 Å². The number of carbonyl (C=O) groups excluding carboxylic acids is 4. The molecule has 2 aromatic rings. The van der Waals surface area contributed by atoms with Crippen LogP contribution in [-0.4, -0.2) is 30.3 Å². The van der Waals surface area contributed by atoms with Crippen LogP contribution in [0.5, 0.6) is 0 Å². The van der Waals surface area contributed by atoms with E-state index in [9.17, 15) is 19.2 Å². The summed E-state index contributed by atoms with van der Waals surface area (Å²) < 4.78 is 5.03. The number of hydrogen-bond donors (Lipinski definition) is 1. The predicted molar refractivity (Wildman–Crippen MR) is 120 cm³/mol. The Morgan fingerprint density at radius 2 is 1.59 bits per heavy atom. The maximum absolute atomic E-state index is 12.7. The molecule has 3 amide bonds. The summed E-state index contributed by atoms with van der Waals surface area (Å²) >= 11 is 11.9. The van der Waals surface area contributed by atoms with Crippen LogP contribution in [0, 0.1) is 11.8 Å². The summed E-state index contributed by atoms with van der Waals surface area (Å²) in [5, 5.41) is 3.21. The van der Waals surface area contributed by atoms with Crippen molar-refractivity contribution < 1.29 is 23.9 Å². The quantitative estimate of drug-likeness (QED) is 0.398. The van der Waals surface area contributed by atoms with Crippen molar-refractivity contribution in [1.29, 1.82) is 0 Å². The normalized spacial score (nSPS) is 19.6. The summed E-state index contributed by atoms with van der Waals surface area (Å²) in [6.45, 7) is -0.525. The maximum atomic E-state index is 12.7. The molecule has 2 aliphatic rings. The first-order valence-electron chi connectivity index (χ1n) is 9.90. The van der Waals surface area contributed by atoms with Crippen LogP contribution >= 0.6 is 23.2 Å². The number of halogens is 2. The van der Waals surface area contributed by atoms with Gasteiger partial charge in [-0.05, 0) is 55.3 Å². The zero-order chi connectivity index (χ0) is 22.8. The molecule has 1 heterocycles. The van der Waals surface area contributed by atoms with Crippen LogP contribution in [-0.2, 0) is 19.1 Å². The molecule has 0 saturated carbocycles. The van der Waals surface area contributed by atoms with Crippen LogP contribution in [0.4, 0.5) is 11.4 Å². The molecule has 1 aliphatic heterocycles. The Hall–Kier alpha value is -3.16. The van der Waals surface area contributed by atoms with Crippen molar-refractivity contribution in [3.63, 3.8) is 0 Å². The number of imide groups is 1. The van der Waals surface area contributed by atoms with Gasteiger partial charge in [-0.1, -0.05) is 35.4 Å². The summed E-state index contributed by atoms with van der Waals surface area (Å²) in [5.74, 6) is -2.41. The van der Waals surface area contributed by atoms with E-state index in [2.05, 4.69) is 5.32 Å². The molecule has 0 spiro atoms. The number of rotatable bonds is 5. The third-order valence-corrected chi connectivity index (χ3v) is 5.97.